The fourth-order valence-corrected chi connectivity index (χ4v) is 4.78. The fourth-order valence-electron chi connectivity index (χ4n) is 4.78. The van der Waals surface area contributed by atoms with Gasteiger partial charge in [0, 0.05) is 59.8 Å². The Morgan fingerprint density at radius 1 is 0.417 bits per heavy atom. The number of aliphatic carboxylic acids is 1. The highest BCUT2D eigenvalue weighted by Gasteiger charge is 2.29. The molecule has 0 aromatic rings. The zero-order valence-corrected chi connectivity index (χ0v) is 31.9. The number of hydrogen-bond donors (Lipinski definition) is 6. The van der Waals surface area contributed by atoms with Crippen LogP contribution in [0.5, 0.6) is 0 Å². The first kappa shape index (κ1) is 44.6. The molecule has 48 heavy (non-hydrogen) atoms. The molecule has 278 valence electrons. The lowest BCUT2D eigenvalue weighted by atomic mass is 9.93. The molecule has 13 heteroatoms. The van der Waals surface area contributed by atoms with E-state index in [4.69, 9.17) is 9.84 Å². The number of alkyl carbamates (subject to hydrolysis) is 1. The van der Waals surface area contributed by atoms with E-state index in [2.05, 4.69) is 26.6 Å². The Hall–Kier alpha value is -3.38. The smallest absolute Gasteiger partial charge is 0.408 e. The molecule has 0 saturated carbocycles. The van der Waals surface area contributed by atoms with Crippen LogP contribution in [0, 0.1) is 0 Å². The molecule has 6 N–H and O–H groups in total. The monoisotopic (exact) mass is 683 g/mol. The zero-order valence-electron chi connectivity index (χ0n) is 31.9. The molecule has 0 aliphatic carbocycles. The first-order valence-corrected chi connectivity index (χ1v) is 16.9. The van der Waals surface area contributed by atoms with E-state index in [-0.39, 0.29) is 55.7 Å². The quantitative estimate of drug-likeness (QED) is 0.105. The number of ether oxygens (including phenoxy) is 1. The van der Waals surface area contributed by atoms with Gasteiger partial charge in [-0.2, -0.15) is 0 Å². The molecular weight excluding hydrogens is 618 g/mol. The van der Waals surface area contributed by atoms with Crippen LogP contribution in [0.4, 0.5) is 4.79 Å². The minimum atomic E-state index is -0.918. The summed E-state index contributed by atoms with van der Waals surface area (Å²) >= 11 is 0. The number of amides is 5. The largest absolute Gasteiger partial charge is 0.481 e. The van der Waals surface area contributed by atoms with Crippen LogP contribution in [0.1, 0.15) is 154 Å². The number of carbonyl (C=O) groups excluding carboxylic acids is 5. The second kappa shape index (κ2) is 17.9. The summed E-state index contributed by atoms with van der Waals surface area (Å²) in [4.78, 5) is 73.6. The maximum Gasteiger partial charge on any atom is 0.408 e. The Morgan fingerprint density at radius 3 is 0.875 bits per heavy atom. The maximum absolute atomic E-state index is 12.8. The molecular formula is C35H65N5O8. The average molecular weight is 684 g/mol. The molecule has 0 rings (SSSR count). The lowest BCUT2D eigenvalue weighted by Crippen LogP contribution is -2.49. The highest BCUT2D eigenvalue weighted by atomic mass is 16.6. The van der Waals surface area contributed by atoms with Crippen LogP contribution in [-0.4, -0.2) is 74.1 Å². The predicted molar refractivity (Wildman–Crippen MR) is 186 cm³/mol. The molecule has 0 unspecified atom stereocenters. The van der Waals surface area contributed by atoms with Gasteiger partial charge >= 0.3 is 12.1 Å². The lowest BCUT2D eigenvalue weighted by molar-refractivity contribution is -0.138. The maximum atomic E-state index is 12.8. The predicted octanol–water partition coefficient (Wildman–Crippen LogP) is 4.85. The molecule has 0 fully saturated rings. The van der Waals surface area contributed by atoms with Crippen molar-refractivity contribution in [1.29, 1.82) is 0 Å². The van der Waals surface area contributed by atoms with Crippen LogP contribution >= 0.6 is 0 Å². The molecule has 0 aliphatic heterocycles. The standard InChI is InChI=1S/C35H65N5O8/c1-30(2,3)48-29(47)40-35(12,13)22-17-27(44)38-33(8,9)20-15-25(42)36-31(4,5)19-14-24(41)37-32(6,7)21-16-26(43)39-34(10,11)23-18-28(45)46/h14-23H2,1-13H3,(H,36,42)(H,37,41)(H,38,44)(H,39,43)(H,40,47)(H,45,46). The topological polar surface area (TPSA) is 192 Å². The molecule has 5 amide bonds. The summed E-state index contributed by atoms with van der Waals surface area (Å²) in [5, 5.41) is 23.5. The third-order valence-corrected chi connectivity index (χ3v) is 7.62. The molecule has 0 radical (unpaired) electrons. The van der Waals surface area contributed by atoms with Gasteiger partial charge in [-0.1, -0.05) is 0 Å². The minimum Gasteiger partial charge on any atom is -0.481 e. The van der Waals surface area contributed by atoms with Gasteiger partial charge in [0.1, 0.15) is 5.60 Å². The Kier molecular flexibility index (Phi) is 16.6. The highest BCUT2D eigenvalue weighted by molar-refractivity contribution is 5.80. The molecule has 13 nitrogen and oxygen atoms in total. The van der Waals surface area contributed by atoms with Gasteiger partial charge in [0.2, 0.25) is 23.6 Å². The third kappa shape index (κ3) is 23.0. The number of rotatable bonds is 20. The first-order valence-electron chi connectivity index (χ1n) is 16.9. The van der Waals surface area contributed by atoms with E-state index >= 15 is 0 Å². The molecule has 0 aromatic heterocycles. The van der Waals surface area contributed by atoms with Gasteiger partial charge in [-0.3, -0.25) is 24.0 Å². The van der Waals surface area contributed by atoms with Crippen molar-refractivity contribution in [3.05, 3.63) is 0 Å². The van der Waals surface area contributed by atoms with Gasteiger partial charge < -0.3 is 36.4 Å². The third-order valence-electron chi connectivity index (χ3n) is 7.62. The van der Waals surface area contributed by atoms with E-state index in [1.807, 2.05) is 55.4 Å². The van der Waals surface area contributed by atoms with Gasteiger partial charge in [-0.05, 0) is 122 Å². The second-order valence-corrected chi connectivity index (χ2v) is 17.1. The van der Waals surface area contributed by atoms with E-state index in [0.717, 1.165) is 0 Å². The first-order chi connectivity index (χ1) is 21.4. The number of carbonyl (C=O) groups is 6. The van der Waals surface area contributed by atoms with Crippen molar-refractivity contribution < 1.29 is 38.6 Å². The van der Waals surface area contributed by atoms with E-state index in [1.165, 1.54) is 0 Å². The zero-order chi connectivity index (χ0) is 37.8. The SMILES string of the molecule is CC(C)(CCC(=O)O)NC(=O)CCC(C)(C)NC(=O)CCC(C)(C)NC(=O)CCC(C)(C)NC(=O)CCC(C)(C)NC(=O)OC(C)(C)C. The second-order valence-electron chi connectivity index (χ2n) is 17.1. The number of hydrogen-bond acceptors (Lipinski definition) is 7. The van der Waals surface area contributed by atoms with Gasteiger partial charge in [0.15, 0.2) is 0 Å². The summed E-state index contributed by atoms with van der Waals surface area (Å²) in [7, 11) is 0. The van der Waals surface area contributed by atoms with Crippen LogP contribution in [0.2, 0.25) is 0 Å². The Morgan fingerprint density at radius 2 is 0.646 bits per heavy atom. The summed E-state index contributed by atoms with van der Waals surface area (Å²) < 4.78 is 5.30. The minimum absolute atomic E-state index is 0.0419. The average Bonchev–Trinajstić information content (AvgIpc) is 2.85. The van der Waals surface area contributed by atoms with Crippen molar-refractivity contribution in [2.45, 2.75) is 188 Å². The Balaban J connectivity index is 4.65. The number of carboxylic acid groups (broad SMARTS) is 1. The van der Waals surface area contributed by atoms with Crippen LogP contribution < -0.4 is 26.6 Å². The van der Waals surface area contributed by atoms with Crippen LogP contribution in [0.25, 0.3) is 0 Å². The summed E-state index contributed by atoms with van der Waals surface area (Å²) in [5.74, 6) is -1.70. The summed E-state index contributed by atoms with van der Waals surface area (Å²) in [5.41, 5.74) is -3.86. The molecule has 0 aromatic carbocycles. The lowest BCUT2D eigenvalue weighted by Gasteiger charge is -2.31. The summed E-state index contributed by atoms with van der Waals surface area (Å²) in [6, 6.07) is 0. The van der Waals surface area contributed by atoms with Gasteiger partial charge in [0.25, 0.3) is 0 Å². The Bertz CT molecular complexity index is 1140. The van der Waals surface area contributed by atoms with Crippen molar-refractivity contribution in [2.24, 2.45) is 0 Å². The van der Waals surface area contributed by atoms with Gasteiger partial charge in [-0.15, -0.1) is 0 Å². The summed E-state index contributed by atoms with van der Waals surface area (Å²) in [6.07, 6.45) is 2.03. The van der Waals surface area contributed by atoms with Crippen molar-refractivity contribution in [3.8, 4) is 0 Å². The van der Waals surface area contributed by atoms with Crippen molar-refractivity contribution >= 4 is 35.7 Å². The van der Waals surface area contributed by atoms with Crippen LogP contribution in [0.3, 0.4) is 0 Å². The van der Waals surface area contributed by atoms with Crippen LogP contribution in [-0.2, 0) is 28.7 Å². The highest BCUT2D eigenvalue weighted by Crippen LogP contribution is 2.19. The van der Waals surface area contributed by atoms with Crippen LogP contribution in [0.15, 0.2) is 0 Å². The van der Waals surface area contributed by atoms with Gasteiger partial charge in [0.05, 0.1) is 0 Å². The molecule has 0 saturated heterocycles. The molecule has 0 heterocycles. The van der Waals surface area contributed by atoms with E-state index in [0.29, 0.717) is 32.1 Å². The fraction of sp³-hybridized carbons (Fsp3) is 0.829. The van der Waals surface area contributed by atoms with Crippen molar-refractivity contribution in [3.63, 3.8) is 0 Å². The van der Waals surface area contributed by atoms with Gasteiger partial charge in [-0.25, -0.2) is 4.79 Å². The van der Waals surface area contributed by atoms with Crippen molar-refractivity contribution in [1.82, 2.24) is 26.6 Å². The number of carboxylic acids is 1. The molecule has 0 atom stereocenters. The molecule has 0 aliphatic rings. The summed E-state index contributed by atoms with van der Waals surface area (Å²) in [6.45, 7) is 23.6. The van der Waals surface area contributed by atoms with Crippen molar-refractivity contribution in [2.75, 3.05) is 0 Å². The molecule has 0 spiro atoms. The van der Waals surface area contributed by atoms with E-state index in [1.54, 1.807) is 34.6 Å². The van der Waals surface area contributed by atoms with E-state index < -0.39 is 45.4 Å². The molecule has 0 bridgehead atoms. The number of nitrogens with one attached hydrogen (secondary N) is 5. The van der Waals surface area contributed by atoms with E-state index in [9.17, 15) is 28.8 Å². The normalized spacial score (nSPS) is 12.9. The Labute approximate surface area is 288 Å².